The first-order valence-corrected chi connectivity index (χ1v) is 10.4. The van der Waals surface area contributed by atoms with E-state index in [1.54, 1.807) is 0 Å². The monoisotopic (exact) mass is 455 g/mol. The van der Waals surface area contributed by atoms with E-state index in [2.05, 4.69) is 5.29 Å². The number of nitrogens with two attached hydrogens (primary N) is 1. The molecule has 2 aromatic rings. The van der Waals surface area contributed by atoms with Gasteiger partial charge < -0.3 is 0 Å². The number of nitrogens with zero attached hydrogens (tertiary/aromatic N) is 2. The number of hydrogen-bond acceptors (Lipinski definition) is 6. The molecule has 2 aromatic carbocycles. The van der Waals surface area contributed by atoms with E-state index < -0.39 is 95.6 Å². The Labute approximate surface area is 170 Å². The van der Waals surface area contributed by atoms with Crippen LogP contribution in [0.4, 0.5) is 18.9 Å². The van der Waals surface area contributed by atoms with Crippen molar-refractivity contribution in [3.63, 3.8) is 0 Å². The average molecular weight is 455 g/mol. The molecule has 0 bridgehead atoms. The fourth-order valence-electron chi connectivity index (χ4n) is 2.66. The van der Waals surface area contributed by atoms with Crippen molar-refractivity contribution < 1.29 is 36.9 Å². The van der Waals surface area contributed by atoms with Gasteiger partial charge in [0.05, 0.1) is 28.3 Å². The number of halogens is 3. The second-order valence-corrected chi connectivity index (χ2v) is 8.94. The Hall–Kier alpha value is -2.55. The summed E-state index contributed by atoms with van der Waals surface area (Å²) in [5.41, 5.74) is -3.26. The highest BCUT2D eigenvalue weighted by Gasteiger charge is 2.43. The molecule has 29 heavy (non-hydrogen) atoms. The van der Waals surface area contributed by atoms with Crippen molar-refractivity contribution in [3.8, 4) is 0 Å². The molecule has 14 heteroatoms. The van der Waals surface area contributed by atoms with Crippen LogP contribution in [0.25, 0.3) is 0 Å². The molecule has 0 radical (unpaired) electrons. The van der Waals surface area contributed by atoms with Crippen molar-refractivity contribution in [2.24, 2.45) is 10.4 Å². The number of hydrogen-bond donors (Lipinski definition) is 2. The minimum Gasteiger partial charge on any atom is -0.225 e. The lowest BCUT2D eigenvalue weighted by molar-refractivity contribution is -0.139. The summed E-state index contributed by atoms with van der Waals surface area (Å²) in [5.74, 6) is 0. The van der Waals surface area contributed by atoms with Crippen LogP contribution in [0.1, 0.15) is 18.0 Å². The van der Waals surface area contributed by atoms with E-state index in [9.17, 15) is 34.9 Å². The highest BCUT2D eigenvalue weighted by Crippen LogP contribution is 2.41. The van der Waals surface area contributed by atoms with Crippen LogP contribution in [0.3, 0.4) is 0 Å². The molecule has 1 heterocycles. The molecule has 3 N–H and O–H groups in total. The third kappa shape index (κ3) is 4.10. The summed E-state index contributed by atoms with van der Waals surface area (Å²) >= 11 is 0. The first kappa shape index (κ1) is 15.3. The van der Waals surface area contributed by atoms with Crippen LogP contribution in [0.2, 0.25) is 0 Å². The Balaban J connectivity index is 2.27. The number of alkyl halides is 3. The van der Waals surface area contributed by atoms with Gasteiger partial charge in [-0.25, -0.2) is 27.0 Å². The van der Waals surface area contributed by atoms with Crippen LogP contribution in [0, 0.1) is 4.91 Å². The first-order valence-electron chi connectivity index (χ1n) is 9.90. The van der Waals surface area contributed by atoms with Crippen molar-refractivity contribution in [1.82, 2.24) is 4.72 Å². The quantitative estimate of drug-likeness (QED) is 0.673. The largest absolute Gasteiger partial charge is 0.417 e. The molecule has 9 nitrogen and oxygen atoms in total. The van der Waals surface area contributed by atoms with Crippen molar-refractivity contribution >= 4 is 25.7 Å². The van der Waals surface area contributed by atoms with Crippen molar-refractivity contribution in [2.75, 3.05) is 5.01 Å². The topological polar surface area (TPSA) is 139 Å². The third-order valence-corrected chi connectivity index (χ3v) is 6.27. The Morgan fingerprint density at radius 1 is 1.24 bits per heavy atom. The zero-order valence-electron chi connectivity index (χ0n) is 18.9. The predicted molar refractivity (Wildman–Crippen MR) is 95.3 cm³/mol. The lowest BCUT2D eigenvalue weighted by atomic mass is 10.1. The van der Waals surface area contributed by atoms with Crippen LogP contribution in [-0.4, -0.2) is 23.0 Å². The SMILES string of the molecule is [2H]c1c([2H])c([2H])c(CC2NS(=O)(=O)c3cc(S(N)(=O)=O)c(C(F)(F)F)cc3N2N=O)c([2H])c1[2H]. The zero-order valence-corrected chi connectivity index (χ0v) is 15.5. The molecule has 0 saturated carbocycles. The van der Waals surface area contributed by atoms with Gasteiger partial charge in [-0.3, -0.25) is 0 Å². The van der Waals surface area contributed by atoms with Crippen LogP contribution >= 0.6 is 0 Å². The molecule has 1 aliphatic rings. The van der Waals surface area contributed by atoms with Gasteiger partial charge in [0.15, 0.2) is 0 Å². The van der Waals surface area contributed by atoms with Gasteiger partial charge in [0.25, 0.3) is 0 Å². The maximum Gasteiger partial charge on any atom is 0.417 e. The van der Waals surface area contributed by atoms with E-state index in [1.165, 1.54) is 0 Å². The Bertz CT molecular complexity index is 1410. The highest BCUT2D eigenvalue weighted by atomic mass is 32.2. The Morgan fingerprint density at radius 2 is 1.86 bits per heavy atom. The van der Waals surface area contributed by atoms with Gasteiger partial charge in [-0.2, -0.15) is 17.9 Å². The maximum atomic E-state index is 13.5. The fraction of sp³-hybridized carbons (Fsp3) is 0.200. The number of sulfonamides is 2. The van der Waals surface area contributed by atoms with Gasteiger partial charge in [-0.1, -0.05) is 30.2 Å². The average Bonchev–Trinajstić information content (AvgIpc) is 2.71. The second-order valence-electron chi connectivity index (χ2n) is 5.73. The van der Waals surface area contributed by atoms with Crippen LogP contribution in [-0.2, 0) is 32.6 Å². The summed E-state index contributed by atoms with van der Waals surface area (Å²) in [6.45, 7) is 0. The number of fused-ring (bicyclic) bond motifs is 1. The van der Waals surface area contributed by atoms with Gasteiger partial charge in [-0.05, 0) is 17.7 Å². The Kier molecular flexibility index (Phi) is 3.72. The fourth-order valence-corrected chi connectivity index (χ4v) is 4.87. The van der Waals surface area contributed by atoms with E-state index in [0.717, 1.165) is 0 Å². The summed E-state index contributed by atoms with van der Waals surface area (Å²) in [7, 11) is -9.84. The molecule has 1 atom stereocenters. The van der Waals surface area contributed by atoms with Crippen LogP contribution < -0.4 is 14.9 Å². The van der Waals surface area contributed by atoms with Gasteiger partial charge in [0, 0.05) is 6.42 Å². The zero-order chi connectivity index (χ0) is 26.0. The molecule has 0 aliphatic carbocycles. The minimum absolute atomic E-state index is 0.0732. The predicted octanol–water partition coefficient (Wildman–Crippen LogP) is 1.70. The lowest BCUT2D eigenvalue weighted by Gasteiger charge is -2.33. The molecular formula is C15H13F3N4O5S2. The van der Waals surface area contributed by atoms with E-state index in [0.29, 0.717) is 0 Å². The molecule has 0 spiro atoms. The van der Waals surface area contributed by atoms with Crippen LogP contribution in [0.5, 0.6) is 0 Å². The van der Waals surface area contributed by atoms with Gasteiger partial charge in [-0.15, -0.1) is 4.91 Å². The number of anilines is 1. The minimum atomic E-state index is -5.33. The van der Waals surface area contributed by atoms with Crippen molar-refractivity contribution in [3.05, 3.63) is 58.4 Å². The van der Waals surface area contributed by atoms with Gasteiger partial charge in [0.2, 0.25) is 20.0 Å². The molecular weight excluding hydrogens is 437 g/mol. The molecule has 3 rings (SSSR count). The van der Waals surface area contributed by atoms with Gasteiger partial charge >= 0.3 is 6.18 Å². The van der Waals surface area contributed by atoms with E-state index in [-0.39, 0.29) is 17.1 Å². The normalized spacial score (nSPS) is 21.3. The van der Waals surface area contributed by atoms with Crippen LogP contribution in [0.15, 0.2) is 57.4 Å². The summed E-state index contributed by atoms with van der Waals surface area (Å²) in [6.07, 6.45) is -7.93. The first-order chi connectivity index (χ1) is 15.4. The molecule has 1 aliphatic heterocycles. The summed E-state index contributed by atoms with van der Waals surface area (Å²) in [4.78, 5) is 8.94. The molecule has 156 valence electrons. The summed E-state index contributed by atoms with van der Waals surface area (Å²) < 4.78 is 130. The summed E-state index contributed by atoms with van der Waals surface area (Å²) in [5, 5.41) is 7.57. The number of primary sulfonamides is 1. The third-order valence-electron chi connectivity index (χ3n) is 3.83. The van der Waals surface area contributed by atoms with E-state index in [4.69, 9.17) is 12.0 Å². The van der Waals surface area contributed by atoms with E-state index in [1.807, 2.05) is 4.72 Å². The van der Waals surface area contributed by atoms with E-state index >= 15 is 0 Å². The number of nitroso groups, excluding NO2 is 1. The number of benzene rings is 2. The molecule has 0 aromatic heterocycles. The maximum absolute atomic E-state index is 13.5. The number of nitrogens with one attached hydrogen (secondary N) is 1. The Morgan fingerprint density at radius 3 is 2.38 bits per heavy atom. The molecule has 0 fully saturated rings. The standard InChI is InChI=1S/C15H13F3N4O5S2/c16-15(17,18)10-7-11-13(8-12(10)28(19,24)25)29(26,27)20-14(22(11)21-23)6-9-4-2-1-3-5-9/h1-5,7-8,14,20H,6H2,(H2,19,24,25)/i1D,2D,3D,4D,5D. The molecule has 0 saturated heterocycles. The smallest absolute Gasteiger partial charge is 0.225 e. The molecule has 0 amide bonds. The number of rotatable bonds is 4. The molecule has 1 unspecified atom stereocenters. The lowest BCUT2D eigenvalue weighted by Crippen LogP contribution is -2.51. The van der Waals surface area contributed by atoms with Gasteiger partial charge in [0.1, 0.15) is 11.1 Å². The second kappa shape index (κ2) is 7.05. The van der Waals surface area contributed by atoms with Crippen molar-refractivity contribution in [1.29, 1.82) is 0 Å². The van der Waals surface area contributed by atoms with Crippen molar-refractivity contribution in [2.45, 2.75) is 28.6 Å². The highest BCUT2D eigenvalue weighted by molar-refractivity contribution is 7.90. The summed E-state index contributed by atoms with van der Waals surface area (Å²) in [6, 6.07) is -3.54.